The Morgan fingerprint density at radius 1 is 1.33 bits per heavy atom. The van der Waals surface area contributed by atoms with Crippen molar-refractivity contribution < 1.29 is 17.9 Å². The highest BCUT2D eigenvalue weighted by molar-refractivity contribution is 7.89. The first-order chi connectivity index (χ1) is 9.85. The summed E-state index contributed by atoms with van der Waals surface area (Å²) in [6.45, 7) is 3.83. The van der Waals surface area contributed by atoms with E-state index >= 15 is 0 Å². The Balaban J connectivity index is 2.22. The molecule has 0 heterocycles. The Kier molecular flexibility index (Phi) is 5.01. The number of nitrogens with one attached hydrogen (secondary N) is 1. The topological polar surface area (TPSA) is 66.4 Å². The molecule has 1 aliphatic rings. The van der Waals surface area contributed by atoms with Gasteiger partial charge < -0.3 is 5.11 Å². The van der Waals surface area contributed by atoms with Crippen LogP contribution in [0.4, 0.5) is 4.39 Å². The zero-order chi connectivity index (χ0) is 15.6. The second kappa shape index (κ2) is 6.42. The van der Waals surface area contributed by atoms with Gasteiger partial charge >= 0.3 is 0 Å². The molecule has 1 saturated carbocycles. The Labute approximate surface area is 125 Å². The lowest BCUT2D eigenvalue weighted by molar-refractivity contribution is 0.227. The quantitative estimate of drug-likeness (QED) is 0.897. The lowest BCUT2D eigenvalue weighted by Crippen LogP contribution is -2.43. The van der Waals surface area contributed by atoms with Crippen molar-refractivity contribution in [1.82, 2.24) is 4.72 Å². The molecule has 0 spiro atoms. The fourth-order valence-corrected chi connectivity index (χ4v) is 4.29. The van der Waals surface area contributed by atoms with E-state index in [0.717, 1.165) is 25.3 Å². The summed E-state index contributed by atoms with van der Waals surface area (Å²) in [5.41, 5.74) is 0.353. The van der Waals surface area contributed by atoms with E-state index in [-0.39, 0.29) is 23.5 Å². The van der Waals surface area contributed by atoms with E-state index in [1.165, 1.54) is 12.1 Å². The van der Waals surface area contributed by atoms with Crippen molar-refractivity contribution in [1.29, 1.82) is 0 Å². The summed E-state index contributed by atoms with van der Waals surface area (Å²) in [5, 5.41) is 8.95. The van der Waals surface area contributed by atoms with E-state index < -0.39 is 15.8 Å². The summed E-state index contributed by atoms with van der Waals surface area (Å²) >= 11 is 0. The van der Waals surface area contributed by atoms with Gasteiger partial charge in [-0.05, 0) is 36.0 Å². The highest BCUT2D eigenvalue weighted by Crippen LogP contribution is 2.30. The van der Waals surface area contributed by atoms with Gasteiger partial charge in [0.25, 0.3) is 0 Å². The van der Waals surface area contributed by atoms with Crippen LogP contribution in [-0.4, -0.2) is 19.6 Å². The summed E-state index contributed by atoms with van der Waals surface area (Å²) in [4.78, 5) is -0.356. The lowest BCUT2D eigenvalue weighted by Gasteiger charge is -2.34. The fourth-order valence-electron chi connectivity index (χ4n) is 2.87. The van der Waals surface area contributed by atoms with Crippen LogP contribution in [0.3, 0.4) is 0 Å². The van der Waals surface area contributed by atoms with Crippen LogP contribution in [0.25, 0.3) is 0 Å². The standard InChI is InChI=1S/C15H22FNO3S/c1-10-4-3-5-14(11(10)2)17-21(19,20)15-7-6-12(9-18)8-13(15)16/h6-8,10-11,14,17-18H,3-5,9H2,1-2H3. The third-order valence-electron chi connectivity index (χ3n) is 4.48. The lowest BCUT2D eigenvalue weighted by atomic mass is 9.78. The van der Waals surface area contributed by atoms with Crippen LogP contribution in [-0.2, 0) is 16.6 Å². The number of aliphatic hydroxyl groups excluding tert-OH is 1. The molecule has 1 aromatic rings. The minimum atomic E-state index is -3.88. The molecule has 3 atom stereocenters. The van der Waals surface area contributed by atoms with Crippen molar-refractivity contribution in [3.8, 4) is 0 Å². The van der Waals surface area contributed by atoms with Crippen LogP contribution in [0.15, 0.2) is 23.1 Å². The highest BCUT2D eigenvalue weighted by atomic mass is 32.2. The first-order valence-electron chi connectivity index (χ1n) is 7.26. The molecule has 6 heteroatoms. The molecule has 0 amide bonds. The molecule has 0 aliphatic heterocycles. The van der Waals surface area contributed by atoms with E-state index in [2.05, 4.69) is 11.6 Å². The number of hydrogen-bond donors (Lipinski definition) is 2. The van der Waals surface area contributed by atoms with E-state index in [4.69, 9.17) is 5.11 Å². The van der Waals surface area contributed by atoms with E-state index in [1.54, 1.807) is 0 Å². The molecular weight excluding hydrogens is 293 g/mol. The van der Waals surface area contributed by atoms with Gasteiger partial charge in [0, 0.05) is 6.04 Å². The van der Waals surface area contributed by atoms with Gasteiger partial charge in [-0.2, -0.15) is 0 Å². The van der Waals surface area contributed by atoms with Crippen molar-refractivity contribution >= 4 is 10.0 Å². The summed E-state index contributed by atoms with van der Waals surface area (Å²) < 4.78 is 41.3. The zero-order valence-electron chi connectivity index (χ0n) is 12.3. The minimum absolute atomic E-state index is 0.157. The third kappa shape index (κ3) is 3.62. The van der Waals surface area contributed by atoms with Crippen molar-refractivity contribution in [3.63, 3.8) is 0 Å². The number of aliphatic hydroxyl groups is 1. The molecule has 0 radical (unpaired) electrons. The average molecular weight is 315 g/mol. The second-order valence-corrected chi connectivity index (χ2v) is 7.60. The maximum atomic E-state index is 13.9. The van der Waals surface area contributed by atoms with Gasteiger partial charge in [0.2, 0.25) is 10.0 Å². The van der Waals surface area contributed by atoms with Crippen LogP contribution >= 0.6 is 0 Å². The SMILES string of the molecule is CC1CCCC(NS(=O)(=O)c2ccc(CO)cc2F)C1C. The summed E-state index contributed by atoms with van der Waals surface area (Å²) in [7, 11) is -3.88. The number of hydrogen-bond acceptors (Lipinski definition) is 3. The molecule has 3 unspecified atom stereocenters. The Morgan fingerprint density at radius 3 is 2.67 bits per heavy atom. The average Bonchev–Trinajstić information content (AvgIpc) is 2.43. The Hall–Kier alpha value is -0.980. The van der Waals surface area contributed by atoms with Gasteiger partial charge in [-0.3, -0.25) is 0 Å². The van der Waals surface area contributed by atoms with E-state index in [9.17, 15) is 12.8 Å². The van der Waals surface area contributed by atoms with Crippen LogP contribution < -0.4 is 4.72 Å². The molecular formula is C15H22FNO3S. The van der Waals surface area contributed by atoms with Gasteiger partial charge in [0.15, 0.2) is 0 Å². The van der Waals surface area contributed by atoms with Crippen LogP contribution in [0.5, 0.6) is 0 Å². The molecule has 0 saturated heterocycles. The number of halogens is 1. The normalized spacial score (nSPS) is 26.8. The largest absolute Gasteiger partial charge is 0.392 e. The predicted molar refractivity (Wildman–Crippen MR) is 78.6 cm³/mol. The van der Waals surface area contributed by atoms with Gasteiger partial charge in [-0.15, -0.1) is 0 Å². The fraction of sp³-hybridized carbons (Fsp3) is 0.600. The molecule has 0 bridgehead atoms. The van der Waals surface area contributed by atoms with E-state index in [1.807, 2.05) is 6.92 Å². The summed E-state index contributed by atoms with van der Waals surface area (Å²) in [6.07, 6.45) is 2.85. The molecule has 0 aromatic heterocycles. The summed E-state index contributed by atoms with van der Waals surface area (Å²) in [6, 6.07) is 3.53. The Bertz CT molecular complexity index is 603. The molecule has 21 heavy (non-hydrogen) atoms. The molecule has 1 fully saturated rings. The number of sulfonamides is 1. The first-order valence-corrected chi connectivity index (χ1v) is 8.75. The van der Waals surface area contributed by atoms with Crippen LogP contribution in [0.2, 0.25) is 0 Å². The van der Waals surface area contributed by atoms with Crippen molar-refractivity contribution in [2.24, 2.45) is 11.8 Å². The number of benzene rings is 1. The molecule has 1 aromatic carbocycles. The molecule has 2 N–H and O–H groups in total. The van der Waals surface area contributed by atoms with Crippen molar-refractivity contribution in [2.75, 3.05) is 0 Å². The van der Waals surface area contributed by atoms with Gasteiger partial charge in [-0.25, -0.2) is 17.5 Å². The highest BCUT2D eigenvalue weighted by Gasteiger charge is 2.31. The molecule has 118 valence electrons. The zero-order valence-corrected chi connectivity index (χ0v) is 13.2. The predicted octanol–water partition coefficient (Wildman–Crippen LogP) is 2.42. The monoisotopic (exact) mass is 315 g/mol. The van der Waals surface area contributed by atoms with E-state index in [0.29, 0.717) is 11.5 Å². The minimum Gasteiger partial charge on any atom is -0.392 e. The van der Waals surface area contributed by atoms with Gasteiger partial charge in [0.05, 0.1) is 6.61 Å². The second-order valence-electron chi connectivity index (χ2n) is 5.92. The number of rotatable bonds is 4. The third-order valence-corrected chi connectivity index (χ3v) is 6.00. The van der Waals surface area contributed by atoms with Crippen LogP contribution in [0.1, 0.15) is 38.7 Å². The van der Waals surface area contributed by atoms with Gasteiger partial charge in [-0.1, -0.05) is 32.8 Å². The first kappa shape index (κ1) is 16.4. The molecule has 4 nitrogen and oxygen atoms in total. The summed E-state index contributed by atoms with van der Waals surface area (Å²) in [5.74, 6) is -0.146. The van der Waals surface area contributed by atoms with Crippen molar-refractivity contribution in [3.05, 3.63) is 29.6 Å². The maximum Gasteiger partial charge on any atom is 0.243 e. The molecule has 2 rings (SSSR count). The van der Waals surface area contributed by atoms with Crippen molar-refractivity contribution in [2.45, 2.75) is 50.7 Å². The van der Waals surface area contributed by atoms with Gasteiger partial charge in [0.1, 0.15) is 10.7 Å². The maximum absolute atomic E-state index is 13.9. The van der Waals surface area contributed by atoms with Crippen LogP contribution in [0, 0.1) is 17.7 Å². The Morgan fingerprint density at radius 2 is 2.05 bits per heavy atom. The smallest absolute Gasteiger partial charge is 0.243 e. The molecule has 1 aliphatic carbocycles.